The summed E-state index contributed by atoms with van der Waals surface area (Å²) in [6, 6.07) is 38.5. The SMILES string of the molecule is CCC/C(C(=O)[N-]c1ccccc1)=C1/C(=[C-]c2ccccc2)[Si@@](C#Cc2ccccc2)(C(C)(C)C)c2ccccc21.[Rh+3]. The normalized spacial score (nSPS) is 17.9. The minimum Gasteiger partial charge on any atom is -0.624 e. The van der Waals surface area contributed by atoms with E-state index in [1.807, 2.05) is 66.7 Å². The molecule has 42 heavy (non-hydrogen) atoms. The third-order valence-electron chi connectivity index (χ3n) is 7.61. The van der Waals surface area contributed by atoms with E-state index in [0.717, 1.165) is 39.5 Å². The summed E-state index contributed by atoms with van der Waals surface area (Å²) in [5, 5.41) is 6.70. The number of carbonyl (C=O) groups is 1. The van der Waals surface area contributed by atoms with Crippen molar-refractivity contribution in [2.45, 2.75) is 45.6 Å². The molecule has 1 heterocycles. The smallest absolute Gasteiger partial charge is 0.624 e. The van der Waals surface area contributed by atoms with Crippen LogP contribution < -0.4 is 5.19 Å². The Kier molecular flexibility index (Phi) is 10.00. The van der Waals surface area contributed by atoms with Gasteiger partial charge in [0.2, 0.25) is 0 Å². The van der Waals surface area contributed by atoms with Crippen molar-refractivity contribution in [2.24, 2.45) is 0 Å². The Balaban J connectivity index is 0.00000405. The number of carbonyl (C=O) groups excluding carboxylic acids is 1. The van der Waals surface area contributed by atoms with Gasteiger partial charge in [0.15, 0.2) is 8.07 Å². The van der Waals surface area contributed by atoms with Gasteiger partial charge in [-0.15, -0.1) is 52.3 Å². The number of hydrogen-bond acceptors (Lipinski definition) is 1. The van der Waals surface area contributed by atoms with E-state index in [4.69, 9.17) is 0 Å². The molecule has 4 aromatic rings. The van der Waals surface area contributed by atoms with E-state index in [0.29, 0.717) is 12.1 Å². The molecule has 4 heteroatoms. The largest absolute Gasteiger partial charge is 3.00 e. The van der Waals surface area contributed by atoms with Crippen LogP contribution in [0, 0.1) is 17.5 Å². The van der Waals surface area contributed by atoms with E-state index in [1.165, 1.54) is 5.19 Å². The van der Waals surface area contributed by atoms with E-state index in [9.17, 15) is 4.79 Å². The zero-order valence-electron chi connectivity index (χ0n) is 24.6. The Bertz CT molecular complexity index is 1660. The molecule has 0 aliphatic carbocycles. The number of para-hydroxylation sites is 1. The monoisotopic (exact) mass is 652 g/mol. The predicted molar refractivity (Wildman–Crippen MR) is 173 cm³/mol. The van der Waals surface area contributed by atoms with Gasteiger partial charge in [-0.3, -0.25) is 0 Å². The second-order valence-electron chi connectivity index (χ2n) is 11.4. The molecule has 2 nitrogen and oxygen atoms in total. The van der Waals surface area contributed by atoms with Crippen LogP contribution in [0.3, 0.4) is 0 Å². The first kappa shape index (κ1) is 31.2. The van der Waals surface area contributed by atoms with Gasteiger partial charge < -0.3 is 10.1 Å². The molecular formula is C38H35NORhSi+. The van der Waals surface area contributed by atoms with Crippen LogP contribution in [0.1, 0.15) is 57.2 Å². The molecule has 0 saturated heterocycles. The van der Waals surface area contributed by atoms with Gasteiger partial charge in [0.05, 0.1) is 5.91 Å². The second-order valence-corrected chi connectivity index (χ2v) is 15.7. The van der Waals surface area contributed by atoms with Gasteiger partial charge in [-0.05, 0) is 28.8 Å². The summed E-state index contributed by atoms with van der Waals surface area (Å²) in [4.78, 5) is 14.1. The molecule has 0 saturated carbocycles. The number of allylic oxidation sites excluding steroid dienone is 2. The second kappa shape index (κ2) is 13.5. The van der Waals surface area contributed by atoms with Gasteiger partial charge in [0.25, 0.3) is 0 Å². The maximum Gasteiger partial charge on any atom is 3.00 e. The number of hydrogen-bond donors (Lipinski definition) is 0. The number of benzene rings is 4. The minimum absolute atomic E-state index is 0. The zero-order valence-corrected chi connectivity index (χ0v) is 27.2. The quantitative estimate of drug-likeness (QED) is 0.0918. The molecule has 0 N–H and O–H groups in total. The zero-order chi connectivity index (χ0) is 28.9. The molecule has 1 aliphatic rings. The standard InChI is InChI=1S/C38H36NOSi.Rh/c1-5-17-33(37(40)39-31-22-13-8-14-23-31)36-32-24-15-16-25-34(32)41(38(2,3)4,27-26-29-18-9-6-10-19-29)35(36)28-30-20-11-7-12-21-30;/h6-16,18-25H,5,17H2,1-4H3,(H,39,40);/q-1;+3/p-1/b36-33-;/t41-;/m0./s1. The predicted octanol–water partition coefficient (Wildman–Crippen LogP) is 8.85. The van der Waals surface area contributed by atoms with Crippen LogP contribution in [0.15, 0.2) is 126 Å². The molecule has 210 valence electrons. The molecule has 0 spiro atoms. The summed E-state index contributed by atoms with van der Waals surface area (Å²) in [7, 11) is -2.85. The fourth-order valence-electron chi connectivity index (χ4n) is 5.68. The number of fused-ring (bicyclic) bond motifs is 1. The fraction of sp³-hybridized carbons (Fsp3) is 0.184. The Labute approximate surface area is 264 Å². The molecule has 0 bridgehead atoms. The van der Waals surface area contributed by atoms with Gasteiger partial charge in [-0.2, -0.15) is 0 Å². The van der Waals surface area contributed by atoms with E-state index < -0.39 is 8.07 Å². The van der Waals surface area contributed by atoms with E-state index in [1.54, 1.807) is 0 Å². The Morgan fingerprint density at radius 3 is 2.00 bits per heavy atom. The van der Waals surface area contributed by atoms with Crippen molar-refractivity contribution >= 4 is 30.4 Å². The molecule has 0 unspecified atom stereocenters. The summed E-state index contributed by atoms with van der Waals surface area (Å²) in [6.45, 7) is 8.99. The molecule has 0 fully saturated rings. The number of rotatable bonds is 5. The third kappa shape index (κ3) is 6.19. The van der Waals surface area contributed by atoms with E-state index in [2.05, 4.69) is 99.1 Å². The first-order valence-electron chi connectivity index (χ1n) is 14.3. The number of nitrogens with zero attached hydrogens (tertiary/aromatic N) is 1. The summed E-state index contributed by atoms with van der Waals surface area (Å²) >= 11 is 0. The summed E-state index contributed by atoms with van der Waals surface area (Å²) in [5.41, 5.74) is 9.35. The average Bonchev–Trinajstić information content (AvgIpc) is 3.26. The van der Waals surface area contributed by atoms with Crippen molar-refractivity contribution in [3.8, 4) is 11.5 Å². The van der Waals surface area contributed by atoms with Crippen LogP contribution in [-0.4, -0.2) is 14.0 Å². The first-order chi connectivity index (χ1) is 19.8. The fourth-order valence-corrected chi connectivity index (χ4v) is 10.4. The van der Waals surface area contributed by atoms with Gasteiger partial charge >= 0.3 is 19.5 Å². The van der Waals surface area contributed by atoms with Crippen molar-refractivity contribution in [3.05, 3.63) is 154 Å². The van der Waals surface area contributed by atoms with E-state index in [-0.39, 0.29) is 30.4 Å². The Hall–Kier alpha value is -3.77. The van der Waals surface area contributed by atoms with E-state index >= 15 is 0 Å². The van der Waals surface area contributed by atoms with Crippen LogP contribution in [0.2, 0.25) is 5.04 Å². The van der Waals surface area contributed by atoms with Gasteiger partial charge in [0.1, 0.15) is 0 Å². The van der Waals surface area contributed by atoms with Gasteiger partial charge in [-0.1, -0.05) is 136 Å². The molecular weight excluding hydrogens is 617 g/mol. The molecule has 0 aromatic heterocycles. The van der Waals surface area contributed by atoms with Crippen LogP contribution in [0.4, 0.5) is 5.69 Å². The maximum absolute atomic E-state index is 14.1. The van der Waals surface area contributed by atoms with Crippen LogP contribution in [0.25, 0.3) is 10.9 Å². The molecule has 4 aromatic carbocycles. The first-order valence-corrected chi connectivity index (χ1v) is 16.3. The van der Waals surface area contributed by atoms with Crippen molar-refractivity contribution in [1.82, 2.24) is 0 Å². The Morgan fingerprint density at radius 2 is 1.38 bits per heavy atom. The molecule has 5 rings (SSSR count). The summed E-state index contributed by atoms with van der Waals surface area (Å²) in [6.07, 6.45) is 5.31. The van der Waals surface area contributed by atoms with Gasteiger partial charge in [0, 0.05) is 5.56 Å². The van der Waals surface area contributed by atoms with Crippen LogP contribution in [0.5, 0.6) is 0 Å². The van der Waals surface area contributed by atoms with Crippen molar-refractivity contribution < 1.29 is 24.3 Å². The third-order valence-corrected chi connectivity index (χ3v) is 12.7. The molecule has 0 radical (unpaired) electrons. The van der Waals surface area contributed by atoms with Crippen molar-refractivity contribution in [1.29, 1.82) is 0 Å². The van der Waals surface area contributed by atoms with Crippen LogP contribution >= 0.6 is 0 Å². The Morgan fingerprint density at radius 1 is 0.810 bits per heavy atom. The minimum atomic E-state index is -2.85. The summed E-state index contributed by atoms with van der Waals surface area (Å²) in [5.74, 6) is 3.38. The average molecular weight is 653 g/mol. The topological polar surface area (TPSA) is 31.2 Å². The summed E-state index contributed by atoms with van der Waals surface area (Å²) < 4.78 is 0. The van der Waals surface area contributed by atoms with Gasteiger partial charge in [-0.25, -0.2) is 0 Å². The van der Waals surface area contributed by atoms with Crippen LogP contribution in [-0.2, 0) is 24.3 Å². The molecule has 1 amide bonds. The molecule has 1 atom stereocenters. The van der Waals surface area contributed by atoms with Crippen molar-refractivity contribution in [2.75, 3.05) is 0 Å². The maximum atomic E-state index is 14.1. The number of amides is 1. The molecule has 1 aliphatic heterocycles. The van der Waals surface area contributed by atoms with Crippen molar-refractivity contribution in [3.63, 3.8) is 0 Å².